The standard InChI is InChI=1S/C13H17ClN4/c1-2-12(9-15)17-5-7-18(8-6-17)13-4-3-11(14)10-16-13/h3-4,10,12H,2,5-8H2,1H3. The highest BCUT2D eigenvalue weighted by atomic mass is 35.5. The molecule has 0 aliphatic carbocycles. The minimum absolute atomic E-state index is 0.0466. The summed E-state index contributed by atoms with van der Waals surface area (Å²) in [5, 5.41) is 9.72. The van der Waals surface area contributed by atoms with E-state index in [0.717, 1.165) is 38.4 Å². The van der Waals surface area contributed by atoms with Crippen molar-refractivity contribution in [3.63, 3.8) is 0 Å². The Hall–Kier alpha value is -1.31. The zero-order valence-electron chi connectivity index (χ0n) is 10.5. The Labute approximate surface area is 113 Å². The molecule has 96 valence electrons. The molecule has 1 aromatic rings. The van der Waals surface area contributed by atoms with E-state index in [-0.39, 0.29) is 6.04 Å². The van der Waals surface area contributed by atoms with E-state index in [1.54, 1.807) is 6.20 Å². The molecule has 2 rings (SSSR count). The lowest BCUT2D eigenvalue weighted by Crippen LogP contribution is -2.50. The van der Waals surface area contributed by atoms with Crippen LogP contribution in [-0.4, -0.2) is 42.1 Å². The van der Waals surface area contributed by atoms with Gasteiger partial charge in [-0.1, -0.05) is 18.5 Å². The molecule has 1 unspecified atom stereocenters. The molecule has 0 bridgehead atoms. The molecule has 4 nitrogen and oxygen atoms in total. The van der Waals surface area contributed by atoms with E-state index in [4.69, 9.17) is 16.9 Å². The molecular formula is C13H17ClN4. The summed E-state index contributed by atoms with van der Waals surface area (Å²) in [5.74, 6) is 0.962. The van der Waals surface area contributed by atoms with Crippen LogP contribution in [0.15, 0.2) is 18.3 Å². The van der Waals surface area contributed by atoms with Crippen LogP contribution in [0.1, 0.15) is 13.3 Å². The van der Waals surface area contributed by atoms with E-state index >= 15 is 0 Å². The number of aromatic nitrogens is 1. The van der Waals surface area contributed by atoms with Crippen LogP contribution in [0.5, 0.6) is 0 Å². The van der Waals surface area contributed by atoms with Gasteiger partial charge in [-0.05, 0) is 18.6 Å². The number of nitriles is 1. The highest BCUT2D eigenvalue weighted by Gasteiger charge is 2.22. The number of pyridine rings is 1. The Morgan fingerprint density at radius 3 is 2.61 bits per heavy atom. The number of piperazine rings is 1. The minimum atomic E-state index is 0.0466. The van der Waals surface area contributed by atoms with E-state index in [9.17, 15) is 0 Å². The lowest BCUT2D eigenvalue weighted by molar-refractivity contribution is 0.216. The van der Waals surface area contributed by atoms with Gasteiger partial charge in [0.1, 0.15) is 5.82 Å². The van der Waals surface area contributed by atoms with Crippen molar-refractivity contribution in [1.82, 2.24) is 9.88 Å². The third-order valence-corrected chi connectivity index (χ3v) is 3.55. The number of nitrogens with zero attached hydrogens (tertiary/aromatic N) is 4. The fourth-order valence-electron chi connectivity index (χ4n) is 2.25. The molecule has 0 saturated carbocycles. The van der Waals surface area contributed by atoms with Crippen molar-refractivity contribution in [3.05, 3.63) is 23.4 Å². The van der Waals surface area contributed by atoms with Crippen molar-refractivity contribution in [1.29, 1.82) is 5.26 Å². The summed E-state index contributed by atoms with van der Waals surface area (Å²) in [4.78, 5) is 8.80. The average Bonchev–Trinajstić information content (AvgIpc) is 2.42. The van der Waals surface area contributed by atoms with Crippen molar-refractivity contribution < 1.29 is 0 Å². The van der Waals surface area contributed by atoms with Crippen molar-refractivity contribution >= 4 is 17.4 Å². The zero-order valence-corrected chi connectivity index (χ0v) is 11.3. The smallest absolute Gasteiger partial charge is 0.128 e. The highest BCUT2D eigenvalue weighted by Crippen LogP contribution is 2.17. The van der Waals surface area contributed by atoms with E-state index in [0.29, 0.717) is 5.02 Å². The predicted octanol–water partition coefficient (Wildman–Crippen LogP) is 2.16. The van der Waals surface area contributed by atoms with Gasteiger partial charge in [-0.3, -0.25) is 4.90 Å². The monoisotopic (exact) mass is 264 g/mol. The normalized spacial score (nSPS) is 18.4. The Balaban J connectivity index is 1.94. The summed E-state index contributed by atoms with van der Waals surface area (Å²) in [5.41, 5.74) is 0. The molecule has 2 heterocycles. The maximum atomic E-state index is 9.06. The van der Waals surface area contributed by atoms with Gasteiger partial charge in [0.25, 0.3) is 0 Å². The summed E-state index contributed by atoms with van der Waals surface area (Å²) in [7, 11) is 0. The zero-order chi connectivity index (χ0) is 13.0. The van der Waals surface area contributed by atoms with Crippen LogP contribution >= 0.6 is 11.6 Å². The summed E-state index contributed by atoms with van der Waals surface area (Å²) in [6.45, 7) is 5.70. The summed E-state index contributed by atoms with van der Waals surface area (Å²) < 4.78 is 0. The van der Waals surface area contributed by atoms with Gasteiger partial charge in [0.2, 0.25) is 0 Å². The molecule has 0 amide bonds. The average molecular weight is 265 g/mol. The maximum absolute atomic E-state index is 9.06. The van der Waals surface area contributed by atoms with Gasteiger partial charge in [0.05, 0.1) is 17.1 Å². The highest BCUT2D eigenvalue weighted by molar-refractivity contribution is 6.30. The topological polar surface area (TPSA) is 43.2 Å². The number of anilines is 1. The van der Waals surface area contributed by atoms with Crippen LogP contribution in [0.2, 0.25) is 5.02 Å². The molecular weight excluding hydrogens is 248 g/mol. The lowest BCUT2D eigenvalue weighted by Gasteiger charge is -2.37. The predicted molar refractivity (Wildman–Crippen MR) is 72.7 cm³/mol. The van der Waals surface area contributed by atoms with Crippen LogP contribution in [0.25, 0.3) is 0 Å². The molecule has 0 spiro atoms. The van der Waals surface area contributed by atoms with Gasteiger partial charge in [-0.2, -0.15) is 5.26 Å². The summed E-state index contributed by atoms with van der Waals surface area (Å²) in [6.07, 6.45) is 2.56. The van der Waals surface area contributed by atoms with E-state index in [2.05, 4.69) is 27.8 Å². The largest absolute Gasteiger partial charge is 0.354 e. The number of hydrogen-bond donors (Lipinski definition) is 0. The van der Waals surface area contributed by atoms with Gasteiger partial charge in [0.15, 0.2) is 0 Å². The molecule has 1 fully saturated rings. The number of halogens is 1. The summed E-state index contributed by atoms with van der Waals surface area (Å²) in [6, 6.07) is 6.21. The molecule has 1 atom stereocenters. The van der Waals surface area contributed by atoms with Gasteiger partial charge < -0.3 is 4.90 Å². The van der Waals surface area contributed by atoms with Crippen LogP contribution in [0.4, 0.5) is 5.82 Å². The van der Waals surface area contributed by atoms with Crippen molar-refractivity contribution in [3.8, 4) is 6.07 Å². The quantitative estimate of drug-likeness (QED) is 0.839. The lowest BCUT2D eigenvalue weighted by atomic mass is 10.2. The fourth-order valence-corrected chi connectivity index (χ4v) is 2.36. The van der Waals surface area contributed by atoms with Crippen LogP contribution in [0, 0.1) is 11.3 Å². The first-order chi connectivity index (χ1) is 8.74. The molecule has 0 N–H and O–H groups in total. The first-order valence-electron chi connectivity index (χ1n) is 6.24. The molecule has 1 aliphatic heterocycles. The fraction of sp³-hybridized carbons (Fsp3) is 0.538. The van der Waals surface area contributed by atoms with Gasteiger partial charge in [-0.15, -0.1) is 0 Å². The Bertz CT molecular complexity index is 418. The Morgan fingerprint density at radius 2 is 2.11 bits per heavy atom. The van der Waals surface area contributed by atoms with E-state index in [1.807, 2.05) is 12.1 Å². The van der Waals surface area contributed by atoms with E-state index < -0.39 is 0 Å². The number of rotatable bonds is 3. The molecule has 1 aliphatic rings. The molecule has 5 heteroatoms. The van der Waals surface area contributed by atoms with Gasteiger partial charge in [0, 0.05) is 32.4 Å². The molecule has 1 saturated heterocycles. The van der Waals surface area contributed by atoms with Crippen LogP contribution < -0.4 is 4.90 Å². The molecule has 0 aromatic carbocycles. The number of hydrogen-bond acceptors (Lipinski definition) is 4. The van der Waals surface area contributed by atoms with Crippen LogP contribution in [-0.2, 0) is 0 Å². The Morgan fingerprint density at radius 1 is 1.39 bits per heavy atom. The third kappa shape index (κ3) is 2.92. The first kappa shape index (κ1) is 13.1. The Kier molecular flexibility index (Phi) is 4.40. The van der Waals surface area contributed by atoms with Crippen molar-refractivity contribution in [2.75, 3.05) is 31.1 Å². The molecule has 0 radical (unpaired) electrons. The van der Waals surface area contributed by atoms with Crippen LogP contribution in [0.3, 0.4) is 0 Å². The first-order valence-corrected chi connectivity index (χ1v) is 6.62. The second-order valence-corrected chi connectivity index (χ2v) is 4.85. The van der Waals surface area contributed by atoms with E-state index in [1.165, 1.54) is 0 Å². The second kappa shape index (κ2) is 6.03. The third-order valence-electron chi connectivity index (χ3n) is 3.33. The second-order valence-electron chi connectivity index (χ2n) is 4.41. The molecule has 18 heavy (non-hydrogen) atoms. The van der Waals surface area contributed by atoms with Gasteiger partial charge >= 0.3 is 0 Å². The van der Waals surface area contributed by atoms with Crippen molar-refractivity contribution in [2.45, 2.75) is 19.4 Å². The summed E-state index contributed by atoms with van der Waals surface area (Å²) >= 11 is 5.83. The van der Waals surface area contributed by atoms with Gasteiger partial charge in [-0.25, -0.2) is 4.98 Å². The minimum Gasteiger partial charge on any atom is -0.354 e. The SMILES string of the molecule is CCC(C#N)N1CCN(c2ccc(Cl)cn2)CC1. The maximum Gasteiger partial charge on any atom is 0.128 e. The molecule has 1 aromatic heterocycles. The van der Waals surface area contributed by atoms with Crippen molar-refractivity contribution in [2.24, 2.45) is 0 Å².